The minimum absolute atomic E-state index is 0.00185. The largest absolute Gasteiger partial charge is 0.305 e. The van der Waals surface area contributed by atoms with Gasteiger partial charge in [-0.05, 0) is 44.7 Å². The first-order valence-electron chi connectivity index (χ1n) is 6.30. The molecule has 2 heterocycles. The summed E-state index contributed by atoms with van der Waals surface area (Å²) >= 11 is 0. The first kappa shape index (κ1) is 11.1. The Bertz CT molecular complexity index is 646. The third-order valence-corrected chi connectivity index (χ3v) is 3.32. The van der Waals surface area contributed by atoms with Crippen LogP contribution >= 0.6 is 0 Å². The molecule has 0 amide bonds. The van der Waals surface area contributed by atoms with Gasteiger partial charge in [-0.1, -0.05) is 6.07 Å². The van der Waals surface area contributed by atoms with Gasteiger partial charge in [0.2, 0.25) is 0 Å². The molecule has 2 aromatic rings. The number of nitrogens with one attached hydrogen (secondary N) is 1. The molecule has 92 valence electrons. The Labute approximate surface area is 105 Å². The molecular weight excluding hydrogens is 226 g/mol. The highest BCUT2D eigenvalue weighted by atomic mass is 16.1. The van der Waals surface area contributed by atoms with Gasteiger partial charge in [0.05, 0.1) is 5.69 Å². The van der Waals surface area contributed by atoms with Gasteiger partial charge < -0.3 is 4.98 Å². The average molecular weight is 241 g/mol. The Morgan fingerprint density at radius 3 is 2.83 bits per heavy atom. The van der Waals surface area contributed by atoms with E-state index in [1.807, 2.05) is 25.1 Å². The van der Waals surface area contributed by atoms with E-state index in [0.29, 0.717) is 5.82 Å². The van der Waals surface area contributed by atoms with Gasteiger partial charge in [-0.25, -0.2) is 9.97 Å². The molecule has 2 aromatic heterocycles. The molecule has 1 N–H and O–H groups in total. The fraction of sp³-hybridized carbons (Fsp3) is 0.357. The molecule has 18 heavy (non-hydrogen) atoms. The number of aromatic nitrogens is 3. The van der Waals surface area contributed by atoms with Crippen molar-refractivity contribution in [2.45, 2.75) is 32.6 Å². The molecule has 0 unspecified atom stereocenters. The van der Waals surface area contributed by atoms with Crippen molar-refractivity contribution in [3.05, 3.63) is 45.5 Å². The van der Waals surface area contributed by atoms with Crippen molar-refractivity contribution in [1.82, 2.24) is 15.0 Å². The molecule has 0 radical (unpaired) electrons. The average Bonchev–Trinajstić information content (AvgIpc) is 2.39. The molecule has 3 rings (SSSR count). The fourth-order valence-corrected chi connectivity index (χ4v) is 2.40. The SMILES string of the molecule is Cc1cccc(-c2nc3c(c(=O)[nH]2)CCCC3)n1. The molecule has 4 nitrogen and oxygen atoms in total. The Morgan fingerprint density at radius 1 is 1.17 bits per heavy atom. The van der Waals surface area contributed by atoms with E-state index in [2.05, 4.69) is 15.0 Å². The summed E-state index contributed by atoms with van der Waals surface area (Å²) < 4.78 is 0. The zero-order chi connectivity index (χ0) is 12.5. The van der Waals surface area contributed by atoms with Gasteiger partial charge in [-0.2, -0.15) is 0 Å². The van der Waals surface area contributed by atoms with Crippen LogP contribution in [-0.2, 0) is 12.8 Å². The van der Waals surface area contributed by atoms with E-state index >= 15 is 0 Å². The Morgan fingerprint density at radius 2 is 2.00 bits per heavy atom. The summed E-state index contributed by atoms with van der Waals surface area (Å²) in [6.07, 6.45) is 3.95. The van der Waals surface area contributed by atoms with Crippen molar-refractivity contribution in [3.63, 3.8) is 0 Å². The van der Waals surface area contributed by atoms with Gasteiger partial charge >= 0.3 is 0 Å². The Kier molecular flexibility index (Phi) is 2.70. The minimum atomic E-state index is -0.00185. The first-order valence-corrected chi connectivity index (χ1v) is 6.30. The van der Waals surface area contributed by atoms with E-state index in [1.165, 1.54) is 0 Å². The fourth-order valence-electron chi connectivity index (χ4n) is 2.40. The Hall–Kier alpha value is -1.97. The summed E-state index contributed by atoms with van der Waals surface area (Å²) in [7, 11) is 0. The highest BCUT2D eigenvalue weighted by Crippen LogP contribution is 2.18. The molecule has 1 aliphatic carbocycles. The lowest BCUT2D eigenvalue weighted by Gasteiger charge is -2.14. The van der Waals surface area contributed by atoms with Crippen LogP contribution in [0.3, 0.4) is 0 Å². The maximum atomic E-state index is 12.0. The summed E-state index contributed by atoms with van der Waals surface area (Å²) in [4.78, 5) is 23.8. The van der Waals surface area contributed by atoms with E-state index in [1.54, 1.807) is 0 Å². The van der Waals surface area contributed by atoms with Crippen LogP contribution in [0.2, 0.25) is 0 Å². The minimum Gasteiger partial charge on any atom is -0.305 e. The molecule has 0 atom stereocenters. The van der Waals surface area contributed by atoms with Crippen LogP contribution in [0.5, 0.6) is 0 Å². The van der Waals surface area contributed by atoms with Crippen molar-refractivity contribution < 1.29 is 0 Å². The maximum absolute atomic E-state index is 12.0. The van der Waals surface area contributed by atoms with Crippen LogP contribution in [-0.4, -0.2) is 15.0 Å². The summed E-state index contributed by atoms with van der Waals surface area (Å²) in [6.45, 7) is 1.93. The number of H-pyrrole nitrogens is 1. The number of aromatic amines is 1. The number of nitrogens with zero attached hydrogens (tertiary/aromatic N) is 2. The van der Waals surface area contributed by atoms with Crippen molar-refractivity contribution >= 4 is 0 Å². The number of hydrogen-bond donors (Lipinski definition) is 1. The standard InChI is InChI=1S/C14H15N3O/c1-9-5-4-8-12(15-9)13-16-11-7-3-2-6-10(11)14(18)17-13/h4-5,8H,2-3,6-7H2,1H3,(H,16,17,18). The quantitative estimate of drug-likeness (QED) is 0.831. The summed E-state index contributed by atoms with van der Waals surface area (Å²) in [5.74, 6) is 0.587. The van der Waals surface area contributed by atoms with Gasteiger partial charge in [-0.3, -0.25) is 4.79 Å². The van der Waals surface area contributed by atoms with E-state index in [0.717, 1.165) is 48.3 Å². The molecule has 0 saturated heterocycles. The van der Waals surface area contributed by atoms with Crippen LogP contribution < -0.4 is 5.56 Å². The monoisotopic (exact) mass is 241 g/mol. The van der Waals surface area contributed by atoms with Crippen molar-refractivity contribution in [2.24, 2.45) is 0 Å². The second-order valence-electron chi connectivity index (χ2n) is 4.71. The van der Waals surface area contributed by atoms with Gasteiger partial charge in [0.1, 0.15) is 5.69 Å². The lowest BCUT2D eigenvalue weighted by atomic mass is 9.97. The zero-order valence-corrected chi connectivity index (χ0v) is 10.4. The van der Waals surface area contributed by atoms with E-state index in [-0.39, 0.29) is 5.56 Å². The number of aryl methyl sites for hydroxylation is 2. The third kappa shape index (κ3) is 1.94. The van der Waals surface area contributed by atoms with Crippen LogP contribution in [0.25, 0.3) is 11.5 Å². The van der Waals surface area contributed by atoms with Crippen LogP contribution in [0, 0.1) is 6.92 Å². The highest BCUT2D eigenvalue weighted by Gasteiger charge is 2.16. The van der Waals surface area contributed by atoms with Crippen LogP contribution in [0.15, 0.2) is 23.0 Å². The molecule has 0 aromatic carbocycles. The predicted molar refractivity (Wildman–Crippen MR) is 69.5 cm³/mol. The molecule has 4 heteroatoms. The maximum Gasteiger partial charge on any atom is 0.254 e. The number of fused-ring (bicyclic) bond motifs is 1. The van der Waals surface area contributed by atoms with Crippen molar-refractivity contribution in [1.29, 1.82) is 0 Å². The number of rotatable bonds is 1. The zero-order valence-electron chi connectivity index (χ0n) is 10.4. The molecule has 1 aliphatic rings. The van der Waals surface area contributed by atoms with Crippen molar-refractivity contribution in [2.75, 3.05) is 0 Å². The van der Waals surface area contributed by atoms with E-state index < -0.39 is 0 Å². The molecule has 0 fully saturated rings. The second kappa shape index (κ2) is 4.37. The van der Waals surface area contributed by atoms with Crippen LogP contribution in [0.4, 0.5) is 0 Å². The normalized spacial score (nSPS) is 14.3. The molecular formula is C14H15N3O. The lowest BCUT2D eigenvalue weighted by Crippen LogP contribution is -2.21. The van der Waals surface area contributed by atoms with E-state index in [4.69, 9.17) is 0 Å². The molecule has 0 aliphatic heterocycles. The second-order valence-corrected chi connectivity index (χ2v) is 4.71. The predicted octanol–water partition coefficient (Wildman–Crippen LogP) is 2.02. The summed E-state index contributed by atoms with van der Waals surface area (Å²) in [5.41, 5.74) is 3.47. The van der Waals surface area contributed by atoms with Crippen molar-refractivity contribution in [3.8, 4) is 11.5 Å². The third-order valence-electron chi connectivity index (χ3n) is 3.32. The number of pyridine rings is 1. The van der Waals surface area contributed by atoms with Gasteiger partial charge in [-0.15, -0.1) is 0 Å². The Balaban J connectivity index is 2.14. The lowest BCUT2D eigenvalue weighted by molar-refractivity contribution is 0.657. The molecule has 0 bridgehead atoms. The van der Waals surface area contributed by atoms with Gasteiger partial charge in [0, 0.05) is 11.3 Å². The number of hydrogen-bond acceptors (Lipinski definition) is 3. The highest BCUT2D eigenvalue weighted by molar-refractivity contribution is 5.49. The summed E-state index contributed by atoms with van der Waals surface area (Å²) in [5, 5.41) is 0. The summed E-state index contributed by atoms with van der Waals surface area (Å²) in [6, 6.07) is 5.73. The topological polar surface area (TPSA) is 58.6 Å². The van der Waals surface area contributed by atoms with Crippen LogP contribution in [0.1, 0.15) is 29.8 Å². The van der Waals surface area contributed by atoms with Gasteiger partial charge in [0.15, 0.2) is 5.82 Å². The van der Waals surface area contributed by atoms with E-state index in [9.17, 15) is 4.79 Å². The smallest absolute Gasteiger partial charge is 0.254 e. The molecule has 0 spiro atoms. The molecule has 0 saturated carbocycles. The first-order chi connectivity index (χ1) is 8.74. The van der Waals surface area contributed by atoms with Gasteiger partial charge in [0.25, 0.3) is 5.56 Å².